The normalized spacial score (nSPS) is 15.8. The fraction of sp³-hybridized carbons (Fsp3) is 0.224. The highest BCUT2D eigenvalue weighted by molar-refractivity contribution is 9.10. The summed E-state index contributed by atoms with van der Waals surface area (Å²) in [6.45, 7) is 1.57. The second-order valence-electron chi connectivity index (χ2n) is 14.2. The van der Waals surface area contributed by atoms with E-state index in [0.29, 0.717) is 73.7 Å². The number of carbonyl (C=O) groups excluding carboxylic acids is 1. The van der Waals surface area contributed by atoms with Gasteiger partial charge in [0, 0.05) is 36.0 Å². The van der Waals surface area contributed by atoms with Gasteiger partial charge in [-0.05, 0) is 94.9 Å². The Kier molecular flexibility index (Phi) is 14.0. The van der Waals surface area contributed by atoms with E-state index in [9.17, 15) is 9.90 Å². The molecule has 0 saturated heterocycles. The molecule has 0 radical (unpaired) electrons. The lowest BCUT2D eigenvalue weighted by Crippen LogP contribution is -2.50. The number of ether oxygens (including phenoxy) is 5. The molecule has 1 amide bonds. The molecule has 0 unspecified atom stereocenters. The second kappa shape index (κ2) is 20.0. The average molecular weight is 856 g/mol. The number of hydrogen-bond acceptors (Lipinski definition) is 8. The largest absolute Gasteiger partial charge is 0.497 e. The van der Waals surface area contributed by atoms with E-state index in [-0.39, 0.29) is 18.9 Å². The van der Waals surface area contributed by atoms with Crippen LogP contribution < -0.4 is 24.3 Å². The standard InChI is InChI=1S/C49H47BrN2O7/c1-55-43-15-8-14-40(31-43)46-49(32-36-16-21-41(50)22-17-36,52-47(59-46)39-19-23-42(24-20-39)56-29-9-28-53)48(54)51-27-26-35-18-25-44(57-33-37-10-4-2-5-11-37)45(30-35)58-34-38-12-6-3-7-13-38/h2-8,10-25,30-31,46,53H,9,26-29,32-34H2,1H3,(H,51,54)/t46-,49-/m1/s1. The van der Waals surface area contributed by atoms with Crippen molar-refractivity contribution in [3.05, 3.63) is 190 Å². The van der Waals surface area contributed by atoms with Crippen LogP contribution in [-0.2, 0) is 35.6 Å². The quantitative estimate of drug-likeness (QED) is 0.0783. The summed E-state index contributed by atoms with van der Waals surface area (Å²) in [4.78, 5) is 20.1. The zero-order chi connectivity index (χ0) is 40.9. The molecule has 1 aliphatic rings. The van der Waals surface area contributed by atoms with Crippen LogP contribution in [0.2, 0.25) is 0 Å². The zero-order valence-electron chi connectivity index (χ0n) is 32.9. The first-order valence-electron chi connectivity index (χ1n) is 19.7. The zero-order valence-corrected chi connectivity index (χ0v) is 34.5. The van der Waals surface area contributed by atoms with Crippen LogP contribution in [0, 0.1) is 0 Å². The Morgan fingerprint density at radius 2 is 1.41 bits per heavy atom. The fourth-order valence-electron chi connectivity index (χ4n) is 6.88. The van der Waals surface area contributed by atoms with Crippen molar-refractivity contribution >= 4 is 27.7 Å². The Labute approximate surface area is 353 Å². The SMILES string of the molecule is COc1cccc([C@H]2OC(c3ccc(OCCCO)cc3)=N[C@@]2(Cc2ccc(Br)cc2)C(=O)NCCc2ccc(OCc3ccccc3)c(OCc3ccccc3)c2)c1. The maximum atomic E-state index is 14.9. The number of aliphatic hydroxyl groups excluding tert-OH is 1. The van der Waals surface area contributed by atoms with Gasteiger partial charge >= 0.3 is 0 Å². The number of amides is 1. The molecule has 7 rings (SSSR count). The lowest BCUT2D eigenvalue weighted by Gasteiger charge is -2.31. The topological polar surface area (TPSA) is 108 Å². The van der Waals surface area contributed by atoms with Crippen molar-refractivity contribution in [1.29, 1.82) is 0 Å². The summed E-state index contributed by atoms with van der Waals surface area (Å²) in [5, 5.41) is 12.4. The third-order valence-corrected chi connectivity index (χ3v) is 10.5. The van der Waals surface area contributed by atoms with Gasteiger partial charge in [0.25, 0.3) is 5.91 Å². The van der Waals surface area contributed by atoms with Crippen molar-refractivity contribution in [3.8, 4) is 23.0 Å². The molecule has 302 valence electrons. The van der Waals surface area contributed by atoms with Crippen molar-refractivity contribution in [2.45, 2.75) is 44.1 Å². The van der Waals surface area contributed by atoms with Gasteiger partial charge in [-0.3, -0.25) is 4.79 Å². The Balaban J connectivity index is 1.16. The van der Waals surface area contributed by atoms with E-state index in [4.69, 9.17) is 28.7 Å². The monoisotopic (exact) mass is 854 g/mol. The molecule has 1 heterocycles. The minimum atomic E-state index is -1.38. The molecule has 0 aliphatic carbocycles. The van der Waals surface area contributed by atoms with E-state index in [1.807, 2.05) is 152 Å². The molecule has 10 heteroatoms. The van der Waals surface area contributed by atoms with Crippen molar-refractivity contribution in [2.75, 3.05) is 26.9 Å². The molecule has 9 nitrogen and oxygen atoms in total. The van der Waals surface area contributed by atoms with Gasteiger partial charge in [0.15, 0.2) is 23.1 Å². The van der Waals surface area contributed by atoms with Crippen molar-refractivity contribution < 1.29 is 33.6 Å². The van der Waals surface area contributed by atoms with Crippen LogP contribution >= 0.6 is 15.9 Å². The van der Waals surface area contributed by atoms with Crippen molar-refractivity contribution in [2.24, 2.45) is 4.99 Å². The van der Waals surface area contributed by atoms with Gasteiger partial charge in [-0.15, -0.1) is 0 Å². The maximum Gasteiger partial charge on any atom is 0.252 e. The van der Waals surface area contributed by atoms with E-state index in [0.717, 1.165) is 32.3 Å². The van der Waals surface area contributed by atoms with Crippen LogP contribution in [0.3, 0.4) is 0 Å². The molecule has 1 aliphatic heterocycles. The minimum Gasteiger partial charge on any atom is -0.497 e. The van der Waals surface area contributed by atoms with Gasteiger partial charge in [-0.2, -0.15) is 0 Å². The Morgan fingerprint density at radius 3 is 2.08 bits per heavy atom. The molecule has 0 saturated carbocycles. The van der Waals surface area contributed by atoms with Crippen LogP contribution in [0.1, 0.15) is 45.9 Å². The summed E-state index contributed by atoms with van der Waals surface area (Å²) >= 11 is 3.55. The number of aliphatic hydroxyl groups is 1. The number of nitrogens with zero attached hydrogens (tertiary/aromatic N) is 1. The summed E-state index contributed by atoms with van der Waals surface area (Å²) in [7, 11) is 1.61. The van der Waals surface area contributed by atoms with Crippen molar-refractivity contribution in [1.82, 2.24) is 5.32 Å². The van der Waals surface area contributed by atoms with Gasteiger partial charge < -0.3 is 34.1 Å². The van der Waals surface area contributed by atoms with Gasteiger partial charge in [-0.25, -0.2) is 4.99 Å². The number of nitrogens with one attached hydrogen (secondary N) is 1. The molecule has 0 aromatic heterocycles. The number of methoxy groups -OCH3 is 1. The first kappa shape index (κ1) is 41.1. The summed E-state index contributed by atoms with van der Waals surface area (Å²) in [6, 6.07) is 48.8. The first-order valence-corrected chi connectivity index (χ1v) is 20.5. The van der Waals surface area contributed by atoms with E-state index < -0.39 is 11.6 Å². The van der Waals surface area contributed by atoms with Gasteiger partial charge in [-0.1, -0.05) is 107 Å². The predicted molar refractivity (Wildman–Crippen MR) is 232 cm³/mol. The Morgan fingerprint density at radius 1 is 0.729 bits per heavy atom. The lowest BCUT2D eigenvalue weighted by molar-refractivity contribution is -0.128. The van der Waals surface area contributed by atoms with Gasteiger partial charge in [0.1, 0.15) is 24.7 Å². The van der Waals surface area contributed by atoms with E-state index in [1.54, 1.807) is 7.11 Å². The average Bonchev–Trinajstić information content (AvgIpc) is 3.67. The number of carbonyl (C=O) groups is 1. The van der Waals surface area contributed by atoms with Gasteiger partial charge in [0.2, 0.25) is 5.90 Å². The molecule has 2 N–H and O–H groups in total. The number of hydrogen-bond donors (Lipinski definition) is 2. The predicted octanol–water partition coefficient (Wildman–Crippen LogP) is 9.24. The van der Waals surface area contributed by atoms with E-state index in [2.05, 4.69) is 21.2 Å². The minimum absolute atomic E-state index is 0.0531. The van der Waals surface area contributed by atoms with Crippen LogP contribution in [0.4, 0.5) is 0 Å². The van der Waals surface area contributed by atoms with Crippen LogP contribution in [0.15, 0.2) is 161 Å². The maximum absolute atomic E-state index is 14.9. The smallest absolute Gasteiger partial charge is 0.252 e. The molecule has 6 aromatic carbocycles. The summed E-state index contributed by atoms with van der Waals surface area (Å²) in [6.07, 6.45) is 0.547. The molecule has 2 atom stereocenters. The highest BCUT2D eigenvalue weighted by atomic mass is 79.9. The molecule has 59 heavy (non-hydrogen) atoms. The highest BCUT2D eigenvalue weighted by Gasteiger charge is 2.53. The van der Waals surface area contributed by atoms with Crippen LogP contribution in [0.25, 0.3) is 0 Å². The number of aliphatic imine (C=N–C) groups is 1. The van der Waals surface area contributed by atoms with Crippen LogP contribution in [0.5, 0.6) is 23.0 Å². The summed E-state index contributed by atoms with van der Waals surface area (Å²) in [5.41, 5.74) is 4.07. The molecular formula is C49H47BrN2O7. The number of halogens is 1. The molecule has 0 bridgehead atoms. The third kappa shape index (κ3) is 10.7. The summed E-state index contributed by atoms with van der Waals surface area (Å²) in [5.74, 6) is 2.65. The highest BCUT2D eigenvalue weighted by Crippen LogP contribution is 2.43. The molecular weight excluding hydrogens is 808 g/mol. The van der Waals surface area contributed by atoms with Crippen LogP contribution in [-0.4, -0.2) is 49.3 Å². The third-order valence-electron chi connectivity index (χ3n) is 10.00. The number of benzene rings is 6. The van der Waals surface area contributed by atoms with E-state index >= 15 is 0 Å². The number of rotatable bonds is 19. The molecule has 0 spiro atoms. The first-order chi connectivity index (χ1) is 28.9. The summed E-state index contributed by atoms with van der Waals surface area (Å²) < 4.78 is 31.6. The lowest BCUT2D eigenvalue weighted by atomic mass is 9.82. The molecule has 6 aromatic rings. The van der Waals surface area contributed by atoms with E-state index in [1.165, 1.54) is 0 Å². The molecule has 0 fully saturated rings. The van der Waals surface area contributed by atoms with Crippen molar-refractivity contribution in [3.63, 3.8) is 0 Å². The Bertz CT molecular complexity index is 2300. The fourth-order valence-corrected chi connectivity index (χ4v) is 7.15. The second-order valence-corrected chi connectivity index (χ2v) is 15.1. The van der Waals surface area contributed by atoms with Gasteiger partial charge in [0.05, 0.1) is 13.7 Å². The Hall–Kier alpha value is -6.10.